The topological polar surface area (TPSA) is 51.7 Å². The molecule has 1 aliphatic rings. The molecule has 0 saturated carbocycles. The van der Waals surface area contributed by atoms with Crippen molar-refractivity contribution in [2.75, 3.05) is 13.2 Å². The third kappa shape index (κ3) is 6.66. The van der Waals surface area contributed by atoms with Crippen LogP contribution in [0.2, 0.25) is 0 Å². The average molecular weight is 524 g/mol. The van der Waals surface area contributed by atoms with Gasteiger partial charge in [0.15, 0.2) is 6.29 Å². The van der Waals surface area contributed by atoms with Gasteiger partial charge in [-0.15, -0.1) is 0 Å². The number of alkyl halides is 6. The van der Waals surface area contributed by atoms with Crippen molar-refractivity contribution < 1.29 is 40.6 Å². The molecule has 0 N–H and O–H groups in total. The largest absolute Gasteiger partial charge is 0.416 e. The molecule has 5 nitrogen and oxygen atoms in total. The molecule has 2 aromatic carbocycles. The summed E-state index contributed by atoms with van der Waals surface area (Å²) in [4.78, 5) is 18.8. The van der Waals surface area contributed by atoms with E-state index in [0.29, 0.717) is 23.3 Å². The Labute approximate surface area is 208 Å². The fourth-order valence-corrected chi connectivity index (χ4v) is 4.11. The number of benzene rings is 2. The number of carbonyl (C=O) groups is 1. The van der Waals surface area contributed by atoms with Gasteiger partial charge in [0.25, 0.3) is 0 Å². The van der Waals surface area contributed by atoms with Crippen LogP contribution in [-0.4, -0.2) is 35.2 Å². The highest BCUT2D eigenvalue weighted by molar-refractivity contribution is 5.79. The number of hydrogen-bond acceptors (Lipinski definition) is 4. The van der Waals surface area contributed by atoms with Gasteiger partial charge in [-0.2, -0.15) is 26.3 Å². The summed E-state index contributed by atoms with van der Waals surface area (Å²) in [6.07, 6.45) is -7.88. The average Bonchev–Trinajstić information content (AvgIpc) is 2.87. The number of ether oxygens (including phenoxy) is 2. The SMILES string of the molecule is O=C(Cc1cccnc1)N1CCO[C@H](OCc2cc(C(F)(F)F)cc(C(F)(F)F)c2)[C@H]1c1ccccc1. The van der Waals surface area contributed by atoms with Gasteiger partial charge in [0.05, 0.1) is 30.8 Å². The molecule has 1 fully saturated rings. The second-order valence-corrected chi connectivity index (χ2v) is 8.45. The molecule has 1 saturated heterocycles. The lowest BCUT2D eigenvalue weighted by molar-refractivity contribution is -0.217. The predicted octanol–water partition coefficient (Wildman–Crippen LogP) is 5.80. The standard InChI is InChI=1S/C26H22F6N2O3/c27-25(28,29)20-11-18(12-21(14-20)26(30,31)32)16-37-24-23(19-6-2-1-3-7-19)34(9-10-36-24)22(35)13-17-5-4-8-33-15-17/h1-8,11-12,14-15,23-24H,9-10,13,16H2/t23-,24-/m1/s1. The summed E-state index contributed by atoms with van der Waals surface area (Å²) in [5, 5.41) is 0. The first-order chi connectivity index (χ1) is 17.5. The fourth-order valence-electron chi connectivity index (χ4n) is 4.11. The highest BCUT2D eigenvalue weighted by Gasteiger charge is 2.39. The maximum absolute atomic E-state index is 13.3. The van der Waals surface area contributed by atoms with Gasteiger partial charge in [0.1, 0.15) is 6.04 Å². The Morgan fingerprint density at radius 1 is 0.946 bits per heavy atom. The lowest BCUT2D eigenvalue weighted by atomic mass is 10.0. The van der Waals surface area contributed by atoms with Gasteiger partial charge in [-0.05, 0) is 41.0 Å². The van der Waals surface area contributed by atoms with Crippen molar-refractivity contribution in [1.29, 1.82) is 0 Å². The highest BCUT2D eigenvalue weighted by Crippen LogP contribution is 2.37. The highest BCUT2D eigenvalue weighted by atomic mass is 19.4. The number of morpholine rings is 1. The molecule has 0 unspecified atom stereocenters. The lowest BCUT2D eigenvalue weighted by Crippen LogP contribution is -2.49. The molecule has 2 atom stereocenters. The van der Waals surface area contributed by atoms with Gasteiger partial charge < -0.3 is 14.4 Å². The van der Waals surface area contributed by atoms with Gasteiger partial charge >= 0.3 is 12.4 Å². The first kappa shape index (κ1) is 26.6. The summed E-state index contributed by atoms with van der Waals surface area (Å²) in [5.74, 6) is -0.253. The van der Waals surface area contributed by atoms with Gasteiger partial charge in [-0.25, -0.2) is 0 Å². The van der Waals surface area contributed by atoms with E-state index < -0.39 is 42.4 Å². The van der Waals surface area contributed by atoms with E-state index in [0.717, 1.165) is 0 Å². The Kier molecular flexibility index (Phi) is 7.84. The molecule has 1 amide bonds. The van der Waals surface area contributed by atoms with Crippen LogP contribution >= 0.6 is 0 Å². The summed E-state index contributed by atoms with van der Waals surface area (Å²) in [6.45, 7) is -0.297. The number of nitrogens with zero attached hydrogens (tertiary/aromatic N) is 2. The van der Waals surface area contributed by atoms with Crippen LogP contribution in [0.1, 0.15) is 33.9 Å². The first-order valence-electron chi connectivity index (χ1n) is 11.3. The molecule has 4 rings (SSSR count). The van der Waals surface area contributed by atoms with Gasteiger partial charge in [-0.3, -0.25) is 9.78 Å². The predicted molar refractivity (Wildman–Crippen MR) is 120 cm³/mol. The Balaban J connectivity index is 1.60. The minimum absolute atomic E-state index is 0.0481. The molecule has 0 bridgehead atoms. The number of amides is 1. The quantitative estimate of drug-likeness (QED) is 0.383. The smallest absolute Gasteiger partial charge is 0.348 e. The summed E-state index contributed by atoms with van der Waals surface area (Å²) in [5.41, 5.74) is -1.85. The monoisotopic (exact) mass is 524 g/mol. The van der Waals surface area contributed by atoms with Crippen LogP contribution in [0.15, 0.2) is 73.1 Å². The number of hydrogen-bond donors (Lipinski definition) is 0. The normalized spacial score (nSPS) is 18.6. The van der Waals surface area contributed by atoms with Gasteiger partial charge in [0, 0.05) is 18.9 Å². The van der Waals surface area contributed by atoms with E-state index in [1.165, 1.54) is 0 Å². The van der Waals surface area contributed by atoms with Crippen LogP contribution in [0.4, 0.5) is 26.3 Å². The number of carbonyl (C=O) groups excluding carboxylic acids is 1. The molecule has 1 aromatic heterocycles. The van der Waals surface area contributed by atoms with E-state index >= 15 is 0 Å². The number of rotatable bonds is 6. The number of pyridine rings is 1. The summed E-state index contributed by atoms with van der Waals surface area (Å²) >= 11 is 0. The molecule has 0 aliphatic carbocycles. The molecule has 11 heteroatoms. The Hall–Kier alpha value is -3.44. The fraction of sp³-hybridized carbons (Fsp3) is 0.308. The van der Waals surface area contributed by atoms with Gasteiger partial charge in [-0.1, -0.05) is 36.4 Å². The van der Waals surface area contributed by atoms with Crippen LogP contribution in [-0.2, 0) is 39.6 Å². The maximum Gasteiger partial charge on any atom is 0.416 e. The van der Waals surface area contributed by atoms with Crippen LogP contribution in [0.3, 0.4) is 0 Å². The zero-order chi connectivity index (χ0) is 26.6. The van der Waals surface area contributed by atoms with E-state index in [2.05, 4.69) is 4.98 Å². The molecule has 3 aromatic rings. The van der Waals surface area contributed by atoms with Gasteiger partial charge in [0.2, 0.25) is 5.91 Å². The molecule has 37 heavy (non-hydrogen) atoms. The first-order valence-corrected chi connectivity index (χ1v) is 11.3. The summed E-state index contributed by atoms with van der Waals surface area (Å²) in [6, 6.07) is 12.7. The molecule has 0 radical (unpaired) electrons. The lowest BCUT2D eigenvalue weighted by Gasteiger charge is -2.41. The maximum atomic E-state index is 13.3. The summed E-state index contributed by atoms with van der Waals surface area (Å²) < 4.78 is 91.0. The zero-order valence-electron chi connectivity index (χ0n) is 19.3. The van der Waals surface area contributed by atoms with E-state index in [9.17, 15) is 31.1 Å². The van der Waals surface area contributed by atoms with Crippen LogP contribution in [0.25, 0.3) is 0 Å². The Bertz CT molecular complexity index is 1170. The van der Waals surface area contributed by atoms with E-state index in [4.69, 9.17) is 9.47 Å². The third-order valence-electron chi connectivity index (χ3n) is 5.81. The van der Waals surface area contributed by atoms with Crippen molar-refractivity contribution in [2.45, 2.75) is 37.7 Å². The molecule has 0 spiro atoms. The second kappa shape index (κ2) is 10.9. The molecule has 196 valence electrons. The van der Waals surface area contributed by atoms with Crippen LogP contribution in [0, 0.1) is 0 Å². The summed E-state index contributed by atoms with van der Waals surface area (Å²) in [7, 11) is 0. The minimum Gasteiger partial charge on any atom is -0.348 e. The Morgan fingerprint density at radius 2 is 1.62 bits per heavy atom. The minimum atomic E-state index is -4.97. The van der Waals surface area contributed by atoms with E-state index in [1.54, 1.807) is 59.8 Å². The third-order valence-corrected chi connectivity index (χ3v) is 5.81. The van der Waals surface area contributed by atoms with Crippen LogP contribution < -0.4 is 0 Å². The van der Waals surface area contributed by atoms with Crippen LogP contribution in [0.5, 0.6) is 0 Å². The van der Waals surface area contributed by atoms with Crippen molar-refractivity contribution >= 4 is 5.91 Å². The van der Waals surface area contributed by atoms with Crippen molar-refractivity contribution in [3.63, 3.8) is 0 Å². The molecule has 2 heterocycles. The van der Waals surface area contributed by atoms with Crippen molar-refractivity contribution in [2.24, 2.45) is 0 Å². The zero-order valence-corrected chi connectivity index (χ0v) is 19.3. The molecular formula is C26H22F6N2O3. The van der Waals surface area contributed by atoms with E-state index in [-0.39, 0.29) is 37.1 Å². The Morgan fingerprint density at radius 3 is 2.22 bits per heavy atom. The van der Waals surface area contributed by atoms with E-state index in [1.807, 2.05) is 0 Å². The van der Waals surface area contributed by atoms with Crippen molar-refractivity contribution in [1.82, 2.24) is 9.88 Å². The number of aromatic nitrogens is 1. The molecule has 1 aliphatic heterocycles. The second-order valence-electron chi connectivity index (χ2n) is 8.45. The molecular weight excluding hydrogens is 502 g/mol. The van der Waals surface area contributed by atoms with Crippen molar-refractivity contribution in [3.05, 3.63) is 101 Å². The number of halogens is 6. The van der Waals surface area contributed by atoms with Crippen molar-refractivity contribution in [3.8, 4) is 0 Å².